The molecule has 3 rings (SSSR count). The van der Waals surface area contributed by atoms with Crippen molar-refractivity contribution in [2.75, 3.05) is 10.3 Å². The lowest BCUT2D eigenvalue weighted by atomic mass is 9.96. The van der Waals surface area contributed by atoms with Crippen molar-refractivity contribution in [3.8, 4) is 0 Å². The molecule has 0 aromatic heterocycles. The maximum atomic E-state index is 12.2. The summed E-state index contributed by atoms with van der Waals surface area (Å²) in [5, 5.41) is 7.47. The monoisotopic (exact) mass is 358 g/mol. The highest BCUT2D eigenvalue weighted by Crippen LogP contribution is 2.22. The molecule has 0 atom stereocenters. The zero-order chi connectivity index (χ0) is 18.2. The summed E-state index contributed by atoms with van der Waals surface area (Å²) < 4.78 is 0. The zero-order valence-corrected chi connectivity index (χ0v) is 15.4. The maximum Gasteiger partial charge on any atom is 0.319 e. The number of hydrogen-bond acceptors (Lipinski definition) is 3. The molecule has 3 N–H and O–H groups in total. The molecule has 2 aliphatic rings. The van der Waals surface area contributed by atoms with Gasteiger partial charge in [0, 0.05) is 17.8 Å². The Balaban J connectivity index is 1.57. The number of nitrogens with zero attached hydrogens (tertiary/aromatic N) is 1. The van der Waals surface area contributed by atoms with Crippen LogP contribution in [-0.2, 0) is 4.79 Å². The van der Waals surface area contributed by atoms with Crippen molar-refractivity contribution in [1.29, 1.82) is 0 Å². The van der Waals surface area contributed by atoms with Gasteiger partial charge in [-0.15, -0.1) is 0 Å². The van der Waals surface area contributed by atoms with Crippen LogP contribution in [0.5, 0.6) is 0 Å². The number of benzene rings is 1. The van der Waals surface area contributed by atoms with Crippen LogP contribution in [0.15, 0.2) is 24.3 Å². The van der Waals surface area contributed by atoms with E-state index in [-0.39, 0.29) is 12.1 Å². The van der Waals surface area contributed by atoms with Gasteiger partial charge >= 0.3 is 6.03 Å². The quantitative estimate of drug-likeness (QED) is 0.533. The van der Waals surface area contributed by atoms with Crippen LogP contribution < -0.4 is 21.1 Å². The molecule has 0 aliphatic heterocycles. The Labute approximate surface area is 155 Å². The molecule has 6 nitrogen and oxygen atoms in total. The molecule has 1 aromatic carbocycles. The first kappa shape index (κ1) is 18.7. The van der Waals surface area contributed by atoms with Crippen LogP contribution in [0.2, 0.25) is 0 Å². The minimum absolute atomic E-state index is 0.174. The van der Waals surface area contributed by atoms with E-state index < -0.39 is 0 Å². The van der Waals surface area contributed by atoms with Crippen LogP contribution in [0.1, 0.15) is 64.2 Å². The summed E-state index contributed by atoms with van der Waals surface area (Å²) in [6.45, 7) is 0. The van der Waals surface area contributed by atoms with Crippen LogP contribution in [0.4, 0.5) is 16.2 Å². The fourth-order valence-electron chi connectivity index (χ4n) is 3.93. The molecular formula is C20H30N4O2. The van der Waals surface area contributed by atoms with Gasteiger partial charge in [-0.05, 0) is 43.9 Å². The van der Waals surface area contributed by atoms with E-state index in [0.29, 0.717) is 11.7 Å². The van der Waals surface area contributed by atoms with Crippen molar-refractivity contribution in [3.05, 3.63) is 24.3 Å². The van der Waals surface area contributed by atoms with Gasteiger partial charge in [0.15, 0.2) is 0 Å². The summed E-state index contributed by atoms with van der Waals surface area (Å²) in [6, 6.07) is 7.82. The van der Waals surface area contributed by atoms with E-state index in [1.165, 1.54) is 43.5 Å². The predicted octanol–water partition coefficient (Wildman–Crippen LogP) is 3.94. The van der Waals surface area contributed by atoms with E-state index in [1.54, 1.807) is 0 Å². The smallest absolute Gasteiger partial charge is 0.319 e. The standard InChI is InChI=1S/C20H30N4O2/c25-15-24(23-17-10-5-2-6-11-17)19-13-7-12-18(14-19)22-20(26)21-16-8-3-1-4-9-16/h7,12-17,23H,1-6,8-11H2,(H2,21,22,26). The van der Waals surface area contributed by atoms with E-state index in [1.807, 2.05) is 24.3 Å². The zero-order valence-electron chi connectivity index (χ0n) is 15.4. The molecule has 0 spiro atoms. The van der Waals surface area contributed by atoms with Crippen molar-refractivity contribution >= 4 is 23.8 Å². The van der Waals surface area contributed by atoms with Gasteiger partial charge in [0.2, 0.25) is 6.41 Å². The van der Waals surface area contributed by atoms with Crippen molar-refractivity contribution in [2.24, 2.45) is 0 Å². The summed E-state index contributed by atoms with van der Waals surface area (Å²) in [5.74, 6) is 0. The van der Waals surface area contributed by atoms with E-state index in [2.05, 4.69) is 16.1 Å². The average molecular weight is 358 g/mol. The second kappa shape index (κ2) is 9.57. The Morgan fingerprint density at radius 3 is 2.27 bits per heavy atom. The molecule has 0 unspecified atom stereocenters. The molecule has 0 radical (unpaired) electrons. The largest absolute Gasteiger partial charge is 0.335 e. The van der Waals surface area contributed by atoms with Crippen LogP contribution >= 0.6 is 0 Å². The van der Waals surface area contributed by atoms with Gasteiger partial charge in [0.25, 0.3) is 0 Å². The molecule has 26 heavy (non-hydrogen) atoms. The van der Waals surface area contributed by atoms with Crippen molar-refractivity contribution in [1.82, 2.24) is 10.7 Å². The number of hydrogen-bond donors (Lipinski definition) is 3. The molecule has 1 aromatic rings. The lowest BCUT2D eigenvalue weighted by Crippen LogP contribution is -2.45. The molecule has 2 saturated carbocycles. The maximum absolute atomic E-state index is 12.2. The minimum atomic E-state index is -0.174. The van der Waals surface area contributed by atoms with Crippen LogP contribution in [-0.4, -0.2) is 24.5 Å². The summed E-state index contributed by atoms with van der Waals surface area (Å²) in [7, 11) is 0. The van der Waals surface area contributed by atoms with E-state index in [4.69, 9.17) is 0 Å². The van der Waals surface area contributed by atoms with Gasteiger partial charge in [-0.3, -0.25) is 4.79 Å². The highest BCUT2D eigenvalue weighted by atomic mass is 16.2. The van der Waals surface area contributed by atoms with Gasteiger partial charge in [0.05, 0.1) is 5.69 Å². The van der Waals surface area contributed by atoms with E-state index in [0.717, 1.165) is 37.8 Å². The number of nitrogens with one attached hydrogen (secondary N) is 3. The van der Waals surface area contributed by atoms with Gasteiger partial charge in [0.1, 0.15) is 0 Å². The number of anilines is 2. The topological polar surface area (TPSA) is 73.5 Å². The number of urea groups is 1. The molecule has 0 saturated heterocycles. The Kier molecular flexibility index (Phi) is 6.89. The van der Waals surface area contributed by atoms with Crippen LogP contribution in [0.25, 0.3) is 0 Å². The predicted molar refractivity (Wildman–Crippen MR) is 104 cm³/mol. The Morgan fingerprint density at radius 1 is 0.962 bits per heavy atom. The molecule has 0 bridgehead atoms. The molecule has 3 amide bonds. The normalized spacial score (nSPS) is 18.9. The van der Waals surface area contributed by atoms with Crippen LogP contribution in [0.3, 0.4) is 0 Å². The summed E-state index contributed by atoms with van der Waals surface area (Å²) in [4.78, 5) is 23.8. The average Bonchev–Trinajstić information content (AvgIpc) is 2.68. The third-order valence-corrected chi connectivity index (χ3v) is 5.35. The molecule has 0 heterocycles. The lowest BCUT2D eigenvalue weighted by Gasteiger charge is -2.28. The summed E-state index contributed by atoms with van der Waals surface area (Å²) in [6.07, 6.45) is 12.4. The number of carbonyl (C=O) groups is 2. The number of carbonyl (C=O) groups excluding carboxylic acids is 2. The van der Waals surface area contributed by atoms with Gasteiger partial charge in [-0.2, -0.15) is 0 Å². The third kappa shape index (κ3) is 5.46. The fourth-order valence-corrected chi connectivity index (χ4v) is 3.93. The summed E-state index contributed by atoms with van der Waals surface area (Å²) in [5.41, 5.74) is 4.73. The number of hydrazine groups is 1. The highest BCUT2D eigenvalue weighted by Gasteiger charge is 2.18. The SMILES string of the molecule is O=CN(NC1CCCCC1)c1cccc(NC(=O)NC2CCCCC2)c1. The molecule has 6 heteroatoms. The van der Waals surface area contributed by atoms with Crippen molar-refractivity contribution in [2.45, 2.75) is 76.3 Å². The Hall–Kier alpha value is -2.08. The Morgan fingerprint density at radius 2 is 1.62 bits per heavy atom. The summed E-state index contributed by atoms with van der Waals surface area (Å²) >= 11 is 0. The van der Waals surface area contributed by atoms with Crippen LogP contribution in [0, 0.1) is 0 Å². The minimum Gasteiger partial charge on any atom is -0.335 e. The Bertz CT molecular complexity index is 595. The molecule has 2 aliphatic carbocycles. The van der Waals surface area contributed by atoms with Crippen molar-refractivity contribution < 1.29 is 9.59 Å². The second-order valence-corrected chi connectivity index (χ2v) is 7.42. The first-order valence-corrected chi connectivity index (χ1v) is 9.93. The van der Waals surface area contributed by atoms with Gasteiger partial charge in [-0.25, -0.2) is 15.2 Å². The third-order valence-electron chi connectivity index (χ3n) is 5.35. The van der Waals surface area contributed by atoms with E-state index in [9.17, 15) is 9.59 Å². The first-order valence-electron chi connectivity index (χ1n) is 9.93. The van der Waals surface area contributed by atoms with E-state index >= 15 is 0 Å². The molecule has 2 fully saturated rings. The number of rotatable bonds is 6. The highest BCUT2D eigenvalue weighted by molar-refractivity contribution is 5.90. The number of amides is 3. The van der Waals surface area contributed by atoms with Gasteiger partial charge < -0.3 is 10.6 Å². The second-order valence-electron chi connectivity index (χ2n) is 7.42. The van der Waals surface area contributed by atoms with Gasteiger partial charge in [-0.1, -0.05) is 44.6 Å². The first-order chi connectivity index (χ1) is 12.7. The van der Waals surface area contributed by atoms with Crippen molar-refractivity contribution in [3.63, 3.8) is 0 Å². The fraction of sp³-hybridized carbons (Fsp3) is 0.600. The molecule has 142 valence electrons. The lowest BCUT2D eigenvalue weighted by molar-refractivity contribution is -0.108. The molecular weight excluding hydrogens is 328 g/mol.